The molecule has 5 nitrogen and oxygen atoms in total. The largest absolute Gasteiger partial charge is 0.366 e. The molecule has 0 aromatic heterocycles. The van der Waals surface area contributed by atoms with Gasteiger partial charge in [-0.05, 0) is 36.6 Å². The second-order valence-corrected chi connectivity index (χ2v) is 6.92. The van der Waals surface area contributed by atoms with Crippen LogP contribution in [-0.2, 0) is 10.0 Å². The SMILES string of the molecule is CCCCC(CC)CNS(=O)(=O)c1ccc(C(N)=O)cc1. The zero-order valence-corrected chi connectivity index (χ0v) is 13.4. The highest BCUT2D eigenvalue weighted by atomic mass is 32.2. The number of carbonyl (C=O) groups excluding carboxylic acids is 1. The van der Waals surface area contributed by atoms with Crippen molar-refractivity contribution in [2.45, 2.75) is 44.4 Å². The number of unbranched alkanes of at least 4 members (excludes halogenated alkanes) is 1. The van der Waals surface area contributed by atoms with E-state index in [0.717, 1.165) is 25.7 Å². The van der Waals surface area contributed by atoms with Crippen LogP contribution >= 0.6 is 0 Å². The van der Waals surface area contributed by atoms with Crippen molar-refractivity contribution in [1.29, 1.82) is 0 Å². The molecule has 1 amide bonds. The number of benzene rings is 1. The summed E-state index contributed by atoms with van der Waals surface area (Å²) in [5, 5.41) is 0. The minimum atomic E-state index is -3.54. The van der Waals surface area contributed by atoms with Gasteiger partial charge in [0.15, 0.2) is 0 Å². The van der Waals surface area contributed by atoms with E-state index >= 15 is 0 Å². The molecule has 0 fully saturated rings. The van der Waals surface area contributed by atoms with Crippen LogP contribution < -0.4 is 10.5 Å². The van der Waals surface area contributed by atoms with Crippen molar-refractivity contribution in [2.75, 3.05) is 6.54 Å². The smallest absolute Gasteiger partial charge is 0.248 e. The highest BCUT2D eigenvalue weighted by molar-refractivity contribution is 7.89. The first kappa shape index (κ1) is 17.7. The Hall–Kier alpha value is -1.40. The lowest BCUT2D eigenvalue weighted by Gasteiger charge is -2.15. The molecule has 6 heteroatoms. The van der Waals surface area contributed by atoms with Crippen LogP contribution in [0.5, 0.6) is 0 Å². The van der Waals surface area contributed by atoms with Crippen LogP contribution in [0.4, 0.5) is 0 Å². The van der Waals surface area contributed by atoms with Gasteiger partial charge in [0.25, 0.3) is 0 Å². The Labute approximate surface area is 127 Å². The van der Waals surface area contributed by atoms with E-state index in [1.807, 2.05) is 0 Å². The van der Waals surface area contributed by atoms with E-state index in [9.17, 15) is 13.2 Å². The van der Waals surface area contributed by atoms with E-state index < -0.39 is 15.9 Å². The van der Waals surface area contributed by atoms with Gasteiger partial charge in [-0.15, -0.1) is 0 Å². The van der Waals surface area contributed by atoms with Gasteiger partial charge in [-0.2, -0.15) is 0 Å². The fraction of sp³-hybridized carbons (Fsp3) is 0.533. The highest BCUT2D eigenvalue weighted by Crippen LogP contribution is 2.14. The molecule has 118 valence electrons. The second-order valence-electron chi connectivity index (χ2n) is 5.16. The topological polar surface area (TPSA) is 89.3 Å². The second kappa shape index (κ2) is 8.14. The fourth-order valence-corrected chi connectivity index (χ4v) is 3.17. The summed E-state index contributed by atoms with van der Waals surface area (Å²) in [5.74, 6) is -0.220. The maximum absolute atomic E-state index is 12.2. The summed E-state index contributed by atoms with van der Waals surface area (Å²) in [7, 11) is -3.54. The van der Waals surface area contributed by atoms with Gasteiger partial charge in [-0.25, -0.2) is 13.1 Å². The summed E-state index contributed by atoms with van der Waals surface area (Å²) in [6.45, 7) is 4.63. The molecule has 0 aliphatic rings. The first-order valence-electron chi connectivity index (χ1n) is 7.30. The lowest BCUT2D eigenvalue weighted by molar-refractivity contribution is 0.1000. The van der Waals surface area contributed by atoms with Crippen LogP contribution in [0.1, 0.15) is 49.9 Å². The summed E-state index contributed by atoms with van der Waals surface area (Å²) in [4.78, 5) is 11.1. The lowest BCUT2D eigenvalue weighted by atomic mass is 10.00. The maximum Gasteiger partial charge on any atom is 0.248 e. The summed E-state index contributed by atoms with van der Waals surface area (Å²) >= 11 is 0. The van der Waals surface area contributed by atoms with Gasteiger partial charge in [0.2, 0.25) is 15.9 Å². The average molecular weight is 312 g/mol. The molecule has 0 radical (unpaired) electrons. The van der Waals surface area contributed by atoms with E-state index in [2.05, 4.69) is 18.6 Å². The minimum absolute atomic E-state index is 0.151. The number of nitrogens with two attached hydrogens (primary N) is 1. The van der Waals surface area contributed by atoms with Gasteiger partial charge in [0.1, 0.15) is 0 Å². The molecule has 0 aliphatic heterocycles. The van der Waals surface area contributed by atoms with Crippen molar-refractivity contribution in [3.8, 4) is 0 Å². The molecule has 0 aliphatic carbocycles. The van der Waals surface area contributed by atoms with Crippen LogP contribution in [0.2, 0.25) is 0 Å². The Bertz CT molecular complexity index is 553. The number of amides is 1. The Kier molecular flexibility index (Phi) is 6.84. The van der Waals surface area contributed by atoms with Crippen LogP contribution in [0.25, 0.3) is 0 Å². The van der Waals surface area contributed by atoms with Gasteiger partial charge in [0.05, 0.1) is 4.90 Å². The summed E-state index contributed by atoms with van der Waals surface area (Å²) in [6, 6.07) is 5.64. The third-order valence-electron chi connectivity index (χ3n) is 3.55. The molecule has 3 N–H and O–H groups in total. The number of rotatable bonds is 9. The third-order valence-corrected chi connectivity index (χ3v) is 4.99. The van der Waals surface area contributed by atoms with E-state index in [1.54, 1.807) is 0 Å². The van der Waals surface area contributed by atoms with Crippen molar-refractivity contribution < 1.29 is 13.2 Å². The Balaban J connectivity index is 2.70. The van der Waals surface area contributed by atoms with Crippen molar-refractivity contribution in [2.24, 2.45) is 11.7 Å². The van der Waals surface area contributed by atoms with Crippen LogP contribution in [0.15, 0.2) is 29.2 Å². The standard InChI is InChI=1S/C15H24N2O3S/c1-3-5-6-12(4-2)11-17-21(19,20)14-9-7-13(8-10-14)15(16)18/h7-10,12,17H,3-6,11H2,1-2H3,(H2,16,18). The van der Waals surface area contributed by atoms with Crippen LogP contribution in [-0.4, -0.2) is 20.9 Å². The fourth-order valence-electron chi connectivity index (χ4n) is 2.05. The molecular weight excluding hydrogens is 288 g/mol. The number of primary amides is 1. The molecule has 1 aromatic carbocycles. The normalized spacial score (nSPS) is 13.0. The Morgan fingerprint density at radius 3 is 2.33 bits per heavy atom. The molecule has 1 unspecified atom stereocenters. The lowest BCUT2D eigenvalue weighted by Crippen LogP contribution is -2.29. The molecule has 0 saturated carbocycles. The number of carbonyl (C=O) groups is 1. The van der Waals surface area contributed by atoms with Gasteiger partial charge in [-0.3, -0.25) is 4.79 Å². The predicted octanol–water partition coefficient (Wildman–Crippen LogP) is 2.28. The third kappa shape index (κ3) is 5.47. The first-order chi connectivity index (χ1) is 9.90. The van der Waals surface area contributed by atoms with Crippen LogP contribution in [0, 0.1) is 5.92 Å². The number of nitrogens with one attached hydrogen (secondary N) is 1. The van der Waals surface area contributed by atoms with Crippen molar-refractivity contribution >= 4 is 15.9 Å². The maximum atomic E-state index is 12.2. The van der Waals surface area contributed by atoms with Crippen molar-refractivity contribution in [3.63, 3.8) is 0 Å². The molecule has 0 heterocycles. The molecule has 21 heavy (non-hydrogen) atoms. The monoisotopic (exact) mass is 312 g/mol. The number of hydrogen-bond acceptors (Lipinski definition) is 3. The van der Waals surface area contributed by atoms with E-state index in [-0.39, 0.29) is 4.90 Å². The molecule has 0 spiro atoms. The summed E-state index contributed by atoms with van der Waals surface area (Å²) in [6.07, 6.45) is 4.19. The molecule has 0 saturated heterocycles. The summed E-state index contributed by atoms with van der Waals surface area (Å²) in [5.41, 5.74) is 5.43. The van der Waals surface area contributed by atoms with Crippen LogP contribution in [0.3, 0.4) is 0 Å². The Morgan fingerprint density at radius 1 is 1.24 bits per heavy atom. The van der Waals surface area contributed by atoms with E-state index in [1.165, 1.54) is 24.3 Å². The number of sulfonamides is 1. The van der Waals surface area contributed by atoms with E-state index in [0.29, 0.717) is 18.0 Å². The summed E-state index contributed by atoms with van der Waals surface area (Å²) < 4.78 is 27.0. The molecule has 0 bridgehead atoms. The minimum Gasteiger partial charge on any atom is -0.366 e. The quantitative estimate of drug-likeness (QED) is 0.733. The number of hydrogen-bond donors (Lipinski definition) is 2. The average Bonchev–Trinajstić information content (AvgIpc) is 2.47. The molecule has 1 rings (SSSR count). The molecular formula is C15H24N2O3S. The van der Waals surface area contributed by atoms with Gasteiger partial charge in [0, 0.05) is 12.1 Å². The van der Waals surface area contributed by atoms with Gasteiger partial charge >= 0.3 is 0 Å². The highest BCUT2D eigenvalue weighted by Gasteiger charge is 2.16. The molecule has 1 atom stereocenters. The van der Waals surface area contributed by atoms with Gasteiger partial charge < -0.3 is 5.73 Å². The van der Waals surface area contributed by atoms with Crippen molar-refractivity contribution in [1.82, 2.24) is 4.72 Å². The molecule has 1 aromatic rings. The van der Waals surface area contributed by atoms with Gasteiger partial charge in [-0.1, -0.05) is 33.1 Å². The zero-order chi connectivity index (χ0) is 15.9. The predicted molar refractivity (Wildman–Crippen MR) is 83.5 cm³/mol. The van der Waals surface area contributed by atoms with E-state index in [4.69, 9.17) is 5.73 Å². The Morgan fingerprint density at radius 2 is 1.86 bits per heavy atom. The first-order valence-corrected chi connectivity index (χ1v) is 8.78. The zero-order valence-electron chi connectivity index (χ0n) is 12.6. The van der Waals surface area contributed by atoms with Crippen molar-refractivity contribution in [3.05, 3.63) is 29.8 Å².